The summed E-state index contributed by atoms with van der Waals surface area (Å²) in [6.07, 6.45) is 1.21. The lowest BCUT2D eigenvalue weighted by Gasteiger charge is -2.33. The lowest BCUT2D eigenvalue weighted by molar-refractivity contribution is -0.119. The zero-order valence-electron chi connectivity index (χ0n) is 12.3. The molecule has 0 saturated carbocycles. The lowest BCUT2D eigenvalue weighted by atomic mass is 10.2. The number of allylic oxidation sites excluding steroid dienone is 1. The van der Waals surface area contributed by atoms with E-state index in [9.17, 15) is 14.7 Å². The number of carbonyl (C=O) groups is 2. The molecule has 1 atom stereocenters. The average molecular weight is 291 g/mol. The normalized spacial score (nSPS) is 13.1. The van der Waals surface area contributed by atoms with Crippen molar-refractivity contribution in [2.75, 3.05) is 25.1 Å². The number of hydrazine groups is 1. The van der Waals surface area contributed by atoms with Crippen molar-refractivity contribution in [2.45, 2.75) is 13.0 Å². The molecular formula is C15H21N3O3. The number of anilines is 1. The minimum absolute atomic E-state index is 0.0490. The number of aliphatic hydroxyl groups is 1. The number of nitrogens with zero attached hydrogens (tertiary/aromatic N) is 2. The highest BCUT2D eigenvalue weighted by atomic mass is 16.3. The summed E-state index contributed by atoms with van der Waals surface area (Å²) in [5.74, 6) is -0.453. The highest BCUT2D eigenvalue weighted by molar-refractivity contribution is 6.17. The van der Waals surface area contributed by atoms with Gasteiger partial charge in [-0.2, -0.15) is 0 Å². The molecule has 0 aliphatic carbocycles. The molecule has 21 heavy (non-hydrogen) atoms. The molecule has 0 aliphatic heterocycles. The van der Waals surface area contributed by atoms with Crippen molar-refractivity contribution in [1.82, 2.24) is 5.01 Å². The van der Waals surface area contributed by atoms with E-state index in [1.165, 1.54) is 11.1 Å². The predicted molar refractivity (Wildman–Crippen MR) is 81.4 cm³/mol. The first-order chi connectivity index (χ1) is 10.0. The van der Waals surface area contributed by atoms with Crippen molar-refractivity contribution in [3.05, 3.63) is 42.0 Å². The average Bonchev–Trinajstić information content (AvgIpc) is 2.49. The number of rotatable bonds is 7. The Morgan fingerprint density at radius 3 is 2.48 bits per heavy atom. The van der Waals surface area contributed by atoms with Gasteiger partial charge in [-0.05, 0) is 19.1 Å². The molecule has 0 fully saturated rings. The van der Waals surface area contributed by atoms with Crippen LogP contribution in [0, 0.1) is 0 Å². The Balaban J connectivity index is 3.12. The van der Waals surface area contributed by atoms with Gasteiger partial charge in [-0.25, -0.2) is 10.0 Å². The Morgan fingerprint density at radius 1 is 1.38 bits per heavy atom. The van der Waals surface area contributed by atoms with Crippen LogP contribution < -0.4 is 10.7 Å². The molecule has 0 spiro atoms. The molecule has 1 unspecified atom stereocenters. The number of nitrogens with two attached hydrogens (primary N) is 1. The van der Waals surface area contributed by atoms with Crippen LogP contribution in [0.2, 0.25) is 0 Å². The van der Waals surface area contributed by atoms with E-state index in [4.69, 9.17) is 5.73 Å². The summed E-state index contributed by atoms with van der Waals surface area (Å²) in [7, 11) is 1.65. The zero-order chi connectivity index (χ0) is 15.8. The van der Waals surface area contributed by atoms with Gasteiger partial charge in [0.15, 0.2) is 6.29 Å². The van der Waals surface area contributed by atoms with Gasteiger partial charge < -0.3 is 10.8 Å². The number of hydrogen-bond donors (Lipinski definition) is 2. The summed E-state index contributed by atoms with van der Waals surface area (Å²) in [4.78, 5) is 23.5. The Kier molecular flexibility index (Phi) is 6.74. The molecule has 114 valence electrons. The zero-order valence-corrected chi connectivity index (χ0v) is 12.3. The molecule has 0 radical (unpaired) electrons. The van der Waals surface area contributed by atoms with Crippen LogP contribution in [0.1, 0.15) is 6.92 Å². The summed E-state index contributed by atoms with van der Waals surface area (Å²) in [6, 6.07) is 8.91. The molecular weight excluding hydrogens is 270 g/mol. The monoisotopic (exact) mass is 291 g/mol. The molecule has 6 nitrogen and oxygen atoms in total. The van der Waals surface area contributed by atoms with Crippen molar-refractivity contribution in [3.63, 3.8) is 0 Å². The number of benzene rings is 1. The van der Waals surface area contributed by atoms with Crippen molar-refractivity contribution in [3.8, 4) is 0 Å². The summed E-state index contributed by atoms with van der Waals surface area (Å²) < 4.78 is 0. The fraction of sp³-hybridized carbons (Fsp3) is 0.333. The number of aliphatic hydroxyl groups excluding tert-OH is 1. The molecule has 0 aromatic heterocycles. The fourth-order valence-electron chi connectivity index (χ4n) is 1.86. The van der Waals surface area contributed by atoms with Crippen LogP contribution in [0.3, 0.4) is 0 Å². The number of likely N-dealkylation sites (N-methyl/N-ethyl adjacent to an activating group) is 1. The summed E-state index contributed by atoms with van der Waals surface area (Å²) in [5, 5.41) is 12.6. The second-order valence-corrected chi connectivity index (χ2v) is 4.54. The van der Waals surface area contributed by atoms with E-state index in [-0.39, 0.29) is 18.7 Å². The van der Waals surface area contributed by atoms with Crippen molar-refractivity contribution < 1.29 is 14.7 Å². The molecule has 1 aromatic carbocycles. The Hall–Kier alpha value is -2.02. The summed E-state index contributed by atoms with van der Waals surface area (Å²) in [5.41, 5.74) is 6.06. The topological polar surface area (TPSA) is 86.9 Å². The van der Waals surface area contributed by atoms with E-state index >= 15 is 0 Å². The first-order valence-electron chi connectivity index (χ1n) is 6.65. The SMILES string of the molecule is C/C=C(\C=O)C(=O)N(c1ccccc1)N(C)CC(O)CN. The van der Waals surface area contributed by atoms with Crippen LogP contribution in [0.4, 0.5) is 5.69 Å². The Morgan fingerprint density at radius 2 is 2.00 bits per heavy atom. The third kappa shape index (κ3) is 4.49. The standard InChI is InChI=1S/C15H21N3O3/c1-3-12(11-19)15(21)18(13-7-5-4-6-8-13)17(2)10-14(20)9-16/h3-8,11,14,20H,9-10,16H2,1-2H3/b12-3+. The maximum absolute atomic E-state index is 12.5. The van der Waals surface area contributed by atoms with Crippen LogP contribution in [0.15, 0.2) is 42.0 Å². The molecule has 0 aliphatic rings. The fourth-order valence-corrected chi connectivity index (χ4v) is 1.86. The van der Waals surface area contributed by atoms with Crippen LogP contribution in [0.25, 0.3) is 0 Å². The second kappa shape index (κ2) is 8.31. The number of aldehydes is 1. The lowest BCUT2D eigenvalue weighted by Crippen LogP contribution is -2.49. The van der Waals surface area contributed by atoms with E-state index in [2.05, 4.69) is 0 Å². The number of carbonyl (C=O) groups excluding carboxylic acids is 2. The predicted octanol–water partition coefficient (Wildman–Crippen LogP) is 0.331. The van der Waals surface area contributed by atoms with Crippen molar-refractivity contribution >= 4 is 17.9 Å². The van der Waals surface area contributed by atoms with E-state index in [0.717, 1.165) is 0 Å². The maximum Gasteiger partial charge on any atom is 0.275 e. The minimum atomic E-state index is -0.765. The third-order valence-corrected chi connectivity index (χ3v) is 2.97. The number of para-hydroxylation sites is 1. The first-order valence-corrected chi connectivity index (χ1v) is 6.65. The van der Waals surface area contributed by atoms with Crippen LogP contribution in [-0.2, 0) is 9.59 Å². The highest BCUT2D eigenvalue weighted by Gasteiger charge is 2.24. The van der Waals surface area contributed by atoms with Gasteiger partial charge in [0.25, 0.3) is 5.91 Å². The molecule has 1 rings (SSSR count). The smallest absolute Gasteiger partial charge is 0.275 e. The molecule has 0 saturated heterocycles. The Labute approximate surface area is 124 Å². The van der Waals surface area contributed by atoms with Gasteiger partial charge in [0.05, 0.1) is 17.4 Å². The van der Waals surface area contributed by atoms with Crippen molar-refractivity contribution in [1.29, 1.82) is 0 Å². The van der Waals surface area contributed by atoms with Gasteiger partial charge >= 0.3 is 0 Å². The highest BCUT2D eigenvalue weighted by Crippen LogP contribution is 2.17. The maximum atomic E-state index is 12.5. The molecule has 1 aromatic rings. The first kappa shape index (κ1) is 17.0. The number of hydrogen-bond acceptors (Lipinski definition) is 5. The quantitative estimate of drug-likeness (QED) is 0.248. The molecule has 3 N–H and O–H groups in total. The largest absolute Gasteiger partial charge is 0.390 e. The molecule has 6 heteroatoms. The third-order valence-electron chi connectivity index (χ3n) is 2.97. The Bertz CT molecular complexity index is 502. The van der Waals surface area contributed by atoms with Gasteiger partial charge in [0.2, 0.25) is 0 Å². The molecule has 0 heterocycles. The summed E-state index contributed by atoms with van der Waals surface area (Å²) >= 11 is 0. The van der Waals surface area contributed by atoms with Crippen LogP contribution >= 0.6 is 0 Å². The van der Waals surface area contributed by atoms with Gasteiger partial charge in [-0.3, -0.25) is 9.59 Å². The van der Waals surface area contributed by atoms with Crippen molar-refractivity contribution in [2.24, 2.45) is 5.73 Å². The second-order valence-electron chi connectivity index (χ2n) is 4.54. The van der Waals surface area contributed by atoms with Gasteiger partial charge in [0.1, 0.15) is 0 Å². The van der Waals surface area contributed by atoms with E-state index in [1.54, 1.807) is 43.2 Å². The van der Waals surface area contributed by atoms with Crippen LogP contribution in [-0.4, -0.2) is 48.5 Å². The minimum Gasteiger partial charge on any atom is -0.390 e. The van der Waals surface area contributed by atoms with Gasteiger partial charge in [-0.1, -0.05) is 24.3 Å². The van der Waals surface area contributed by atoms with Crippen LogP contribution in [0.5, 0.6) is 0 Å². The molecule has 1 amide bonds. The van der Waals surface area contributed by atoms with E-state index in [0.29, 0.717) is 12.0 Å². The van der Waals surface area contributed by atoms with Gasteiger partial charge in [0, 0.05) is 20.1 Å². The van der Waals surface area contributed by atoms with E-state index in [1.807, 2.05) is 6.07 Å². The molecule has 0 bridgehead atoms. The van der Waals surface area contributed by atoms with E-state index < -0.39 is 12.0 Å². The van der Waals surface area contributed by atoms with Gasteiger partial charge in [-0.15, -0.1) is 0 Å². The summed E-state index contributed by atoms with van der Waals surface area (Å²) in [6.45, 7) is 1.89. The number of amides is 1.